The van der Waals surface area contributed by atoms with E-state index in [1.807, 2.05) is 60.7 Å². The second kappa shape index (κ2) is 7.58. The Morgan fingerprint density at radius 2 is 1.43 bits per heavy atom. The average Bonchev–Trinajstić information content (AvgIpc) is 2.63. The molecular formula is C19H22N4. The van der Waals surface area contributed by atoms with Crippen molar-refractivity contribution in [2.45, 2.75) is 19.3 Å². The highest BCUT2D eigenvalue weighted by molar-refractivity contribution is 6.05. The molecule has 0 radical (unpaired) electrons. The van der Waals surface area contributed by atoms with Crippen LogP contribution in [-0.2, 0) is 0 Å². The summed E-state index contributed by atoms with van der Waals surface area (Å²) in [7, 11) is 0. The summed E-state index contributed by atoms with van der Waals surface area (Å²) in [6, 6.07) is 19.8. The predicted molar refractivity (Wildman–Crippen MR) is 96.1 cm³/mol. The molecule has 2 aromatic carbocycles. The topological polar surface area (TPSA) is 54.0 Å². The van der Waals surface area contributed by atoms with Gasteiger partial charge in [-0.1, -0.05) is 48.5 Å². The van der Waals surface area contributed by atoms with Crippen LogP contribution in [0.15, 0.2) is 70.6 Å². The van der Waals surface area contributed by atoms with Crippen molar-refractivity contribution < 1.29 is 0 Å². The van der Waals surface area contributed by atoms with Gasteiger partial charge in [-0.15, -0.1) is 0 Å². The summed E-state index contributed by atoms with van der Waals surface area (Å²) in [5, 5.41) is 0. The van der Waals surface area contributed by atoms with Crippen molar-refractivity contribution in [2.75, 3.05) is 13.1 Å². The summed E-state index contributed by atoms with van der Waals surface area (Å²) in [5.41, 5.74) is 8.02. The number of rotatable bonds is 2. The Morgan fingerprint density at radius 1 is 0.826 bits per heavy atom. The zero-order valence-corrected chi connectivity index (χ0v) is 13.2. The first-order chi connectivity index (χ1) is 11.3. The second-order valence-electron chi connectivity index (χ2n) is 5.66. The highest BCUT2D eigenvalue weighted by atomic mass is 15.3. The number of guanidine groups is 1. The fourth-order valence-corrected chi connectivity index (χ4v) is 2.66. The highest BCUT2D eigenvalue weighted by Crippen LogP contribution is 2.16. The Bertz CT molecular complexity index is 671. The molecule has 2 N–H and O–H groups in total. The number of aliphatic imine (C=N–C) groups is 2. The summed E-state index contributed by atoms with van der Waals surface area (Å²) >= 11 is 0. The molecule has 2 aromatic rings. The normalized spacial score (nSPS) is 16.4. The van der Waals surface area contributed by atoms with Crippen molar-refractivity contribution in [3.63, 3.8) is 0 Å². The summed E-state index contributed by atoms with van der Waals surface area (Å²) in [4.78, 5) is 11.6. The van der Waals surface area contributed by atoms with Gasteiger partial charge in [-0.3, -0.25) is 0 Å². The van der Waals surface area contributed by atoms with Gasteiger partial charge in [-0.05, 0) is 31.4 Å². The lowest BCUT2D eigenvalue weighted by Gasteiger charge is -2.27. The number of piperidine rings is 1. The molecule has 1 aliphatic heterocycles. The Hall–Kier alpha value is -2.62. The molecule has 0 unspecified atom stereocenters. The molecule has 0 amide bonds. The van der Waals surface area contributed by atoms with Gasteiger partial charge in [0.25, 0.3) is 0 Å². The molecule has 4 nitrogen and oxygen atoms in total. The lowest BCUT2D eigenvalue weighted by Crippen LogP contribution is -2.36. The molecule has 0 aromatic heterocycles. The molecule has 3 rings (SSSR count). The zero-order valence-electron chi connectivity index (χ0n) is 13.2. The second-order valence-corrected chi connectivity index (χ2v) is 5.66. The van der Waals surface area contributed by atoms with Gasteiger partial charge in [0.05, 0.1) is 5.69 Å². The van der Waals surface area contributed by atoms with E-state index < -0.39 is 0 Å². The van der Waals surface area contributed by atoms with Crippen molar-refractivity contribution in [1.82, 2.24) is 4.90 Å². The molecule has 0 aliphatic carbocycles. The maximum atomic E-state index is 6.20. The van der Waals surface area contributed by atoms with E-state index >= 15 is 0 Å². The summed E-state index contributed by atoms with van der Waals surface area (Å²) in [6.07, 6.45) is 3.62. The Kier molecular flexibility index (Phi) is 5.04. The molecule has 23 heavy (non-hydrogen) atoms. The minimum atomic E-state index is 0.505. The first-order valence-electron chi connectivity index (χ1n) is 8.11. The zero-order chi connectivity index (χ0) is 15.9. The summed E-state index contributed by atoms with van der Waals surface area (Å²) < 4.78 is 0. The van der Waals surface area contributed by atoms with Gasteiger partial charge in [0.2, 0.25) is 5.96 Å². The van der Waals surface area contributed by atoms with Gasteiger partial charge >= 0.3 is 0 Å². The van der Waals surface area contributed by atoms with Crippen molar-refractivity contribution in [3.8, 4) is 0 Å². The van der Waals surface area contributed by atoms with Crippen LogP contribution >= 0.6 is 0 Å². The Labute approximate surface area is 137 Å². The SMILES string of the molecule is N/C(=N\C(=Nc1ccccc1)N1CCCCC1)c1ccccc1. The maximum absolute atomic E-state index is 6.20. The summed E-state index contributed by atoms with van der Waals surface area (Å²) in [5.74, 6) is 1.21. The minimum absolute atomic E-state index is 0.505. The fourth-order valence-electron chi connectivity index (χ4n) is 2.66. The molecule has 0 spiro atoms. The largest absolute Gasteiger partial charge is 0.383 e. The molecule has 1 aliphatic rings. The number of hydrogen-bond acceptors (Lipinski definition) is 1. The number of hydrogen-bond donors (Lipinski definition) is 1. The van der Waals surface area contributed by atoms with Gasteiger partial charge < -0.3 is 10.6 Å². The van der Waals surface area contributed by atoms with Crippen LogP contribution in [0.3, 0.4) is 0 Å². The average molecular weight is 306 g/mol. The van der Waals surface area contributed by atoms with E-state index in [2.05, 4.69) is 9.89 Å². The van der Waals surface area contributed by atoms with E-state index in [4.69, 9.17) is 10.7 Å². The summed E-state index contributed by atoms with van der Waals surface area (Å²) in [6.45, 7) is 1.97. The number of nitrogens with zero attached hydrogens (tertiary/aromatic N) is 3. The third-order valence-corrected chi connectivity index (χ3v) is 3.91. The van der Waals surface area contributed by atoms with E-state index in [0.29, 0.717) is 11.8 Å². The van der Waals surface area contributed by atoms with Crippen LogP contribution in [0.25, 0.3) is 0 Å². The molecule has 0 saturated carbocycles. The van der Waals surface area contributed by atoms with Crippen molar-refractivity contribution in [1.29, 1.82) is 0 Å². The Morgan fingerprint density at radius 3 is 2.09 bits per heavy atom. The first-order valence-corrected chi connectivity index (χ1v) is 8.11. The molecule has 1 heterocycles. The number of nitrogens with two attached hydrogens (primary N) is 1. The number of likely N-dealkylation sites (tertiary alicyclic amines) is 1. The van der Waals surface area contributed by atoms with Gasteiger partial charge in [-0.2, -0.15) is 4.99 Å². The van der Waals surface area contributed by atoms with Crippen LogP contribution in [-0.4, -0.2) is 29.8 Å². The third kappa shape index (κ3) is 4.19. The number of amidine groups is 1. The Balaban J connectivity index is 1.93. The molecule has 118 valence electrons. The molecule has 4 heteroatoms. The monoisotopic (exact) mass is 306 g/mol. The van der Waals surface area contributed by atoms with Crippen LogP contribution < -0.4 is 5.73 Å². The lowest BCUT2D eigenvalue weighted by molar-refractivity contribution is 0.339. The van der Waals surface area contributed by atoms with Gasteiger partial charge in [0.1, 0.15) is 5.84 Å². The van der Waals surface area contributed by atoms with Crippen LogP contribution in [0.1, 0.15) is 24.8 Å². The number of para-hydroxylation sites is 1. The molecule has 0 bridgehead atoms. The molecule has 1 fully saturated rings. The maximum Gasteiger partial charge on any atom is 0.227 e. The smallest absolute Gasteiger partial charge is 0.227 e. The van der Waals surface area contributed by atoms with E-state index in [9.17, 15) is 0 Å². The van der Waals surface area contributed by atoms with Gasteiger partial charge in [0, 0.05) is 18.7 Å². The van der Waals surface area contributed by atoms with E-state index in [-0.39, 0.29) is 0 Å². The fraction of sp³-hybridized carbons (Fsp3) is 0.263. The van der Waals surface area contributed by atoms with Gasteiger partial charge in [-0.25, -0.2) is 4.99 Å². The first kappa shape index (κ1) is 15.3. The molecule has 0 atom stereocenters. The van der Waals surface area contributed by atoms with Crippen LogP contribution in [0.2, 0.25) is 0 Å². The van der Waals surface area contributed by atoms with Crippen molar-refractivity contribution in [2.24, 2.45) is 15.7 Å². The predicted octanol–water partition coefficient (Wildman–Crippen LogP) is 3.57. The number of benzene rings is 2. The molecular weight excluding hydrogens is 284 g/mol. The van der Waals surface area contributed by atoms with E-state index in [1.54, 1.807) is 0 Å². The van der Waals surface area contributed by atoms with Gasteiger partial charge in [0.15, 0.2) is 0 Å². The quantitative estimate of drug-likeness (QED) is 0.681. The third-order valence-electron chi connectivity index (χ3n) is 3.91. The highest BCUT2D eigenvalue weighted by Gasteiger charge is 2.15. The molecule has 1 saturated heterocycles. The van der Waals surface area contributed by atoms with Crippen molar-refractivity contribution in [3.05, 3.63) is 66.2 Å². The standard InChI is InChI=1S/C19H22N4/c20-18(16-10-4-1-5-11-16)22-19(23-14-8-3-9-15-23)21-17-12-6-2-7-13-17/h1-2,4-7,10-13H,3,8-9,14-15H2,(H2,20,21,22). The van der Waals surface area contributed by atoms with Crippen LogP contribution in [0, 0.1) is 0 Å². The van der Waals surface area contributed by atoms with Crippen molar-refractivity contribution >= 4 is 17.5 Å². The van der Waals surface area contributed by atoms with E-state index in [1.165, 1.54) is 19.3 Å². The lowest BCUT2D eigenvalue weighted by atomic mass is 10.1. The van der Waals surface area contributed by atoms with Crippen LogP contribution in [0.4, 0.5) is 5.69 Å². The van der Waals surface area contributed by atoms with Crippen LogP contribution in [0.5, 0.6) is 0 Å². The van der Waals surface area contributed by atoms with E-state index in [0.717, 1.165) is 24.3 Å². The minimum Gasteiger partial charge on any atom is -0.383 e.